The summed E-state index contributed by atoms with van der Waals surface area (Å²) in [7, 11) is 6.92. The van der Waals surface area contributed by atoms with Crippen LogP contribution in [0.25, 0.3) is 10.8 Å². The third-order valence-electron chi connectivity index (χ3n) is 7.14. The molecule has 0 aliphatic heterocycles. The van der Waals surface area contributed by atoms with E-state index in [1.807, 2.05) is 32.3 Å². The summed E-state index contributed by atoms with van der Waals surface area (Å²) in [6.45, 7) is 8.58. The zero-order chi connectivity index (χ0) is 32.2. The SMILES string of the molecule is CCC(CC)SSC(C(=O)CC(=O)NCCNc1cccc2c(N(C)C)cccc12)=C(C)N(C=O)Cc1cnc(C)nc1N.Cl. The van der Waals surface area contributed by atoms with Crippen molar-refractivity contribution >= 4 is 80.1 Å². The first-order valence-corrected chi connectivity index (χ1v) is 16.9. The van der Waals surface area contributed by atoms with E-state index in [1.165, 1.54) is 15.7 Å². The molecule has 3 rings (SSSR count). The van der Waals surface area contributed by atoms with E-state index in [1.54, 1.807) is 30.8 Å². The number of nitrogens with zero attached hydrogens (tertiary/aromatic N) is 4. The van der Waals surface area contributed by atoms with Crippen LogP contribution in [0.15, 0.2) is 53.2 Å². The highest BCUT2D eigenvalue weighted by molar-refractivity contribution is 8.78. The van der Waals surface area contributed by atoms with Gasteiger partial charge in [-0.3, -0.25) is 14.4 Å². The first-order chi connectivity index (χ1) is 21.1. The topological polar surface area (TPSA) is 134 Å². The van der Waals surface area contributed by atoms with E-state index in [-0.39, 0.29) is 42.9 Å². The van der Waals surface area contributed by atoms with Crippen molar-refractivity contribution in [3.63, 3.8) is 0 Å². The monoisotopic (exact) mass is 673 g/mol. The Hall–Kier alpha value is -3.48. The van der Waals surface area contributed by atoms with Gasteiger partial charge in [-0.05, 0) is 38.8 Å². The zero-order valence-electron chi connectivity index (χ0n) is 26.8. The van der Waals surface area contributed by atoms with Crippen LogP contribution >= 0.6 is 34.0 Å². The lowest BCUT2D eigenvalue weighted by molar-refractivity contribution is -0.126. The molecule has 0 aliphatic rings. The minimum atomic E-state index is -0.378. The maximum atomic E-state index is 13.5. The second-order valence-electron chi connectivity index (χ2n) is 10.5. The molecule has 0 saturated carbocycles. The Kier molecular flexibility index (Phi) is 15.5. The molecule has 244 valence electrons. The fraction of sp³-hybridized carbons (Fsp3) is 0.406. The number of anilines is 3. The minimum absolute atomic E-state index is 0. The number of aromatic nitrogens is 2. The van der Waals surface area contributed by atoms with Gasteiger partial charge in [-0.2, -0.15) is 0 Å². The van der Waals surface area contributed by atoms with Crippen LogP contribution < -0.4 is 21.3 Å². The van der Waals surface area contributed by atoms with Crippen LogP contribution in [0.2, 0.25) is 0 Å². The molecule has 0 bridgehead atoms. The number of nitrogens with one attached hydrogen (secondary N) is 2. The molecule has 0 unspecified atom stereocenters. The molecule has 45 heavy (non-hydrogen) atoms. The minimum Gasteiger partial charge on any atom is -0.383 e. The van der Waals surface area contributed by atoms with Gasteiger partial charge in [0.1, 0.15) is 11.6 Å². The fourth-order valence-electron chi connectivity index (χ4n) is 4.56. The van der Waals surface area contributed by atoms with Crippen molar-refractivity contribution in [3.05, 3.63) is 64.6 Å². The lowest BCUT2D eigenvalue weighted by Crippen LogP contribution is -2.31. The number of carbonyl (C=O) groups excluding carboxylic acids is 3. The average molecular weight is 674 g/mol. The van der Waals surface area contributed by atoms with Crippen LogP contribution in [0.1, 0.15) is 51.4 Å². The molecule has 1 aromatic heterocycles. The van der Waals surface area contributed by atoms with Gasteiger partial charge < -0.3 is 26.2 Å². The number of allylic oxidation sites excluding steroid dienone is 2. The van der Waals surface area contributed by atoms with E-state index in [9.17, 15) is 14.4 Å². The first kappa shape index (κ1) is 37.7. The predicted octanol–water partition coefficient (Wildman–Crippen LogP) is 5.96. The number of Topliss-reactive ketones (excluding diaryl/α,β-unsaturated/α-hetero) is 1. The number of ketones is 1. The van der Waals surface area contributed by atoms with E-state index in [0.717, 1.165) is 35.0 Å². The number of amides is 2. The number of hydrogen-bond donors (Lipinski definition) is 3. The van der Waals surface area contributed by atoms with Crippen LogP contribution in [-0.2, 0) is 20.9 Å². The van der Waals surface area contributed by atoms with Crippen molar-refractivity contribution < 1.29 is 14.4 Å². The highest BCUT2D eigenvalue weighted by Gasteiger charge is 2.23. The fourth-order valence-corrected chi connectivity index (χ4v) is 7.62. The molecule has 1 heterocycles. The lowest BCUT2D eigenvalue weighted by Gasteiger charge is -2.22. The number of hydrogen-bond acceptors (Lipinski definition) is 10. The normalized spacial score (nSPS) is 11.4. The molecule has 0 atom stereocenters. The highest BCUT2D eigenvalue weighted by Crippen LogP contribution is 2.39. The summed E-state index contributed by atoms with van der Waals surface area (Å²) in [5, 5.41) is 8.81. The van der Waals surface area contributed by atoms with E-state index in [2.05, 4.69) is 57.5 Å². The van der Waals surface area contributed by atoms with Gasteiger partial charge in [-0.15, -0.1) is 12.4 Å². The number of benzene rings is 2. The van der Waals surface area contributed by atoms with Crippen LogP contribution in [0.5, 0.6) is 0 Å². The molecule has 0 aliphatic carbocycles. The number of halogens is 1. The van der Waals surface area contributed by atoms with Gasteiger partial charge in [0, 0.05) is 72.0 Å². The van der Waals surface area contributed by atoms with E-state index in [4.69, 9.17) is 5.73 Å². The Balaban J connectivity index is 0.00000705. The molecule has 13 heteroatoms. The molecule has 2 aromatic carbocycles. The average Bonchev–Trinajstić information content (AvgIpc) is 3.00. The van der Waals surface area contributed by atoms with Crippen LogP contribution in [-0.4, -0.2) is 65.4 Å². The van der Waals surface area contributed by atoms with E-state index < -0.39 is 0 Å². The molecule has 0 saturated heterocycles. The van der Waals surface area contributed by atoms with Gasteiger partial charge in [0.2, 0.25) is 12.3 Å². The summed E-state index contributed by atoms with van der Waals surface area (Å²) in [4.78, 5) is 50.7. The summed E-state index contributed by atoms with van der Waals surface area (Å²) in [6.07, 6.45) is 3.78. The van der Waals surface area contributed by atoms with Crippen molar-refractivity contribution in [3.8, 4) is 0 Å². The van der Waals surface area contributed by atoms with Crippen molar-refractivity contribution in [2.45, 2.75) is 58.8 Å². The molecular weight excluding hydrogens is 630 g/mol. The molecular formula is C32H44ClN7O3S2. The van der Waals surface area contributed by atoms with Crippen molar-refractivity contribution in [2.24, 2.45) is 0 Å². The largest absolute Gasteiger partial charge is 0.383 e. The Morgan fingerprint density at radius 1 is 1.07 bits per heavy atom. The maximum Gasteiger partial charge on any atom is 0.227 e. The molecule has 0 spiro atoms. The molecule has 4 N–H and O–H groups in total. The second-order valence-corrected chi connectivity index (χ2v) is 13.1. The number of aryl methyl sites for hydroxylation is 1. The highest BCUT2D eigenvalue weighted by atomic mass is 35.5. The van der Waals surface area contributed by atoms with E-state index >= 15 is 0 Å². The summed E-state index contributed by atoms with van der Waals surface area (Å²) in [6, 6.07) is 12.3. The van der Waals surface area contributed by atoms with Crippen LogP contribution in [0, 0.1) is 6.92 Å². The Labute approximate surface area is 280 Å². The van der Waals surface area contributed by atoms with Crippen LogP contribution in [0.3, 0.4) is 0 Å². The van der Waals surface area contributed by atoms with Crippen LogP contribution in [0.4, 0.5) is 17.2 Å². The smallest absolute Gasteiger partial charge is 0.227 e. The molecule has 10 nitrogen and oxygen atoms in total. The van der Waals surface area contributed by atoms with Gasteiger partial charge in [-0.1, -0.05) is 59.7 Å². The van der Waals surface area contributed by atoms with Gasteiger partial charge in [0.25, 0.3) is 0 Å². The number of rotatable bonds is 17. The molecule has 2 amide bonds. The second kappa shape index (κ2) is 18.5. The summed E-state index contributed by atoms with van der Waals surface area (Å²) in [5.74, 6) is 0.0817. The Morgan fingerprint density at radius 3 is 2.40 bits per heavy atom. The quantitative estimate of drug-likeness (QED) is 0.0519. The summed E-state index contributed by atoms with van der Waals surface area (Å²) >= 11 is 0. The van der Waals surface area contributed by atoms with Crippen molar-refractivity contribution in [1.29, 1.82) is 0 Å². The molecule has 0 radical (unpaired) electrons. The van der Waals surface area contributed by atoms with Gasteiger partial charge in [0.15, 0.2) is 5.78 Å². The number of fused-ring (bicyclic) bond motifs is 1. The first-order valence-electron chi connectivity index (χ1n) is 14.7. The Bertz CT molecular complexity index is 1500. The maximum absolute atomic E-state index is 13.5. The number of carbonyl (C=O) groups is 3. The number of nitrogen functional groups attached to an aromatic ring is 1. The summed E-state index contributed by atoms with van der Waals surface area (Å²) in [5.41, 5.74) is 9.18. The van der Waals surface area contributed by atoms with Gasteiger partial charge in [0.05, 0.1) is 17.9 Å². The van der Waals surface area contributed by atoms with Crippen molar-refractivity contribution in [1.82, 2.24) is 20.2 Å². The van der Waals surface area contributed by atoms with Gasteiger partial charge in [-0.25, -0.2) is 9.97 Å². The standard InChI is InChI=1S/C32H43N7O3S2.ClH/c1-7-24(8-2)43-44-31(21(3)39(20-40)19-23-18-36-22(4)37-32(23)33)29(41)17-30(42)35-16-15-34-27-13-9-12-26-25(27)11-10-14-28(26)38(5)6;/h9-14,18,20,24,34H,7-8,15-17,19H2,1-6H3,(H,35,42)(H2,33,36,37);1H. The molecule has 0 fully saturated rings. The summed E-state index contributed by atoms with van der Waals surface area (Å²) < 4.78 is 0. The third-order valence-corrected chi connectivity index (χ3v) is 10.5. The zero-order valence-corrected chi connectivity index (χ0v) is 29.2. The Morgan fingerprint density at radius 2 is 1.76 bits per heavy atom. The lowest BCUT2D eigenvalue weighted by atomic mass is 10.1. The third kappa shape index (κ3) is 10.5. The predicted molar refractivity (Wildman–Crippen MR) is 192 cm³/mol. The van der Waals surface area contributed by atoms with E-state index in [0.29, 0.717) is 46.7 Å². The van der Waals surface area contributed by atoms with Gasteiger partial charge >= 0.3 is 0 Å². The molecule has 3 aromatic rings. The number of nitrogens with two attached hydrogens (primary N) is 1. The van der Waals surface area contributed by atoms with Crippen molar-refractivity contribution in [2.75, 3.05) is 43.1 Å².